The molecule has 0 radical (unpaired) electrons. The highest BCUT2D eigenvalue weighted by atomic mass is 79.9. The minimum absolute atomic E-state index is 0.485. The molecule has 3 rings (SSSR count). The van der Waals surface area contributed by atoms with Crippen LogP contribution >= 0.6 is 15.9 Å². The lowest BCUT2D eigenvalue weighted by molar-refractivity contribution is 0.115. The molecule has 98 valence electrons. The van der Waals surface area contributed by atoms with Crippen LogP contribution in [0.15, 0.2) is 22.7 Å². The molecule has 0 amide bonds. The SMILES string of the molecule is CC1(N2CCc3ccc(Br)cc3CC2)CCCC1. The van der Waals surface area contributed by atoms with Gasteiger partial charge < -0.3 is 0 Å². The Morgan fingerprint density at radius 3 is 2.44 bits per heavy atom. The summed E-state index contributed by atoms with van der Waals surface area (Å²) >= 11 is 3.59. The Kier molecular flexibility index (Phi) is 3.50. The van der Waals surface area contributed by atoms with Gasteiger partial charge in [0, 0.05) is 23.1 Å². The number of rotatable bonds is 1. The molecule has 0 saturated heterocycles. The average Bonchev–Trinajstić information content (AvgIpc) is 2.68. The van der Waals surface area contributed by atoms with Gasteiger partial charge in [0.15, 0.2) is 0 Å². The zero-order valence-electron chi connectivity index (χ0n) is 11.2. The number of fused-ring (bicyclic) bond motifs is 1. The van der Waals surface area contributed by atoms with Gasteiger partial charge in [0.05, 0.1) is 0 Å². The van der Waals surface area contributed by atoms with E-state index in [0.29, 0.717) is 5.54 Å². The second-order valence-electron chi connectivity index (χ2n) is 6.10. The summed E-state index contributed by atoms with van der Waals surface area (Å²) in [6.07, 6.45) is 8.07. The van der Waals surface area contributed by atoms with Crippen LogP contribution in [0.4, 0.5) is 0 Å². The molecular weight excluding hydrogens is 286 g/mol. The standard InChI is InChI=1S/C16H22BrN/c1-16(8-2-3-9-16)18-10-6-13-4-5-15(17)12-14(13)7-11-18/h4-5,12H,2-3,6-11H2,1H3. The van der Waals surface area contributed by atoms with Gasteiger partial charge >= 0.3 is 0 Å². The van der Waals surface area contributed by atoms with Gasteiger partial charge in [0.2, 0.25) is 0 Å². The van der Waals surface area contributed by atoms with Gasteiger partial charge in [-0.15, -0.1) is 0 Å². The first-order chi connectivity index (χ1) is 8.67. The van der Waals surface area contributed by atoms with Crippen molar-refractivity contribution in [2.45, 2.75) is 51.0 Å². The van der Waals surface area contributed by atoms with Crippen LogP contribution in [0.1, 0.15) is 43.7 Å². The fourth-order valence-corrected chi connectivity index (χ4v) is 4.09. The summed E-state index contributed by atoms with van der Waals surface area (Å²) in [7, 11) is 0. The van der Waals surface area contributed by atoms with Gasteiger partial charge in [0.25, 0.3) is 0 Å². The van der Waals surface area contributed by atoms with Crippen LogP contribution in [0.3, 0.4) is 0 Å². The van der Waals surface area contributed by atoms with Crippen LogP contribution in [0, 0.1) is 0 Å². The second kappa shape index (κ2) is 4.97. The summed E-state index contributed by atoms with van der Waals surface area (Å²) in [6, 6.07) is 6.81. The molecule has 1 saturated carbocycles. The molecule has 18 heavy (non-hydrogen) atoms. The van der Waals surface area contributed by atoms with E-state index in [1.807, 2.05) is 0 Å². The van der Waals surface area contributed by atoms with Crippen LogP contribution in [0.5, 0.6) is 0 Å². The topological polar surface area (TPSA) is 3.24 Å². The van der Waals surface area contributed by atoms with Gasteiger partial charge in [-0.3, -0.25) is 4.90 Å². The molecule has 0 atom stereocenters. The number of nitrogens with zero attached hydrogens (tertiary/aromatic N) is 1. The van der Waals surface area contributed by atoms with Gasteiger partial charge in [0.1, 0.15) is 0 Å². The minimum atomic E-state index is 0.485. The number of halogens is 1. The number of hydrogen-bond donors (Lipinski definition) is 0. The van der Waals surface area contributed by atoms with E-state index in [1.165, 1.54) is 56.1 Å². The lowest BCUT2D eigenvalue weighted by Crippen LogP contribution is -2.45. The normalized spacial score (nSPS) is 23.7. The highest BCUT2D eigenvalue weighted by molar-refractivity contribution is 9.10. The van der Waals surface area contributed by atoms with Crippen molar-refractivity contribution < 1.29 is 0 Å². The molecule has 2 aliphatic rings. The third kappa shape index (κ3) is 2.37. The van der Waals surface area contributed by atoms with Crippen LogP contribution in [0.2, 0.25) is 0 Å². The summed E-state index contributed by atoms with van der Waals surface area (Å²) in [4.78, 5) is 2.76. The molecule has 1 nitrogen and oxygen atoms in total. The van der Waals surface area contributed by atoms with Crippen molar-refractivity contribution in [3.8, 4) is 0 Å². The Labute approximate surface area is 119 Å². The largest absolute Gasteiger partial charge is 0.297 e. The molecule has 1 aliphatic heterocycles. The van der Waals surface area contributed by atoms with Crippen LogP contribution in [-0.4, -0.2) is 23.5 Å². The van der Waals surface area contributed by atoms with Gasteiger partial charge in [-0.1, -0.05) is 34.8 Å². The van der Waals surface area contributed by atoms with E-state index in [9.17, 15) is 0 Å². The van der Waals surface area contributed by atoms with Crippen molar-refractivity contribution in [2.75, 3.05) is 13.1 Å². The van der Waals surface area contributed by atoms with E-state index in [2.05, 4.69) is 46.0 Å². The van der Waals surface area contributed by atoms with Crippen LogP contribution in [0.25, 0.3) is 0 Å². The zero-order chi connectivity index (χ0) is 12.6. The van der Waals surface area contributed by atoms with Crippen molar-refractivity contribution in [3.63, 3.8) is 0 Å². The second-order valence-corrected chi connectivity index (χ2v) is 7.02. The molecule has 0 spiro atoms. The fraction of sp³-hybridized carbons (Fsp3) is 0.625. The predicted molar refractivity (Wildman–Crippen MR) is 80.0 cm³/mol. The Morgan fingerprint density at radius 2 is 1.72 bits per heavy atom. The van der Waals surface area contributed by atoms with Crippen molar-refractivity contribution in [1.29, 1.82) is 0 Å². The minimum Gasteiger partial charge on any atom is -0.297 e. The average molecular weight is 308 g/mol. The molecule has 0 bridgehead atoms. The summed E-state index contributed by atoms with van der Waals surface area (Å²) in [5.41, 5.74) is 3.59. The maximum Gasteiger partial charge on any atom is 0.0181 e. The van der Waals surface area contributed by atoms with Crippen molar-refractivity contribution in [2.24, 2.45) is 0 Å². The first-order valence-electron chi connectivity index (χ1n) is 7.20. The predicted octanol–water partition coefficient (Wildman–Crippen LogP) is 4.18. The Balaban J connectivity index is 1.78. The molecule has 0 unspecified atom stereocenters. The summed E-state index contributed by atoms with van der Waals surface area (Å²) in [6.45, 7) is 4.96. The van der Waals surface area contributed by atoms with E-state index < -0.39 is 0 Å². The van der Waals surface area contributed by atoms with Crippen molar-refractivity contribution in [3.05, 3.63) is 33.8 Å². The van der Waals surface area contributed by atoms with E-state index >= 15 is 0 Å². The highest BCUT2D eigenvalue weighted by Gasteiger charge is 2.35. The number of hydrogen-bond acceptors (Lipinski definition) is 1. The molecule has 1 heterocycles. The summed E-state index contributed by atoms with van der Waals surface area (Å²) < 4.78 is 1.22. The van der Waals surface area contributed by atoms with Gasteiger partial charge in [-0.2, -0.15) is 0 Å². The molecule has 1 aromatic rings. The first-order valence-corrected chi connectivity index (χ1v) is 7.99. The Bertz CT molecular complexity index is 435. The smallest absolute Gasteiger partial charge is 0.0181 e. The third-order valence-electron chi connectivity index (χ3n) is 4.91. The highest BCUT2D eigenvalue weighted by Crippen LogP contribution is 2.36. The Hall–Kier alpha value is -0.340. The lowest BCUT2D eigenvalue weighted by Gasteiger charge is -2.37. The lowest BCUT2D eigenvalue weighted by atomic mass is 9.97. The zero-order valence-corrected chi connectivity index (χ0v) is 12.8. The number of benzene rings is 1. The molecular formula is C16H22BrN. The summed E-state index contributed by atoms with van der Waals surface area (Å²) in [5.74, 6) is 0. The van der Waals surface area contributed by atoms with Crippen LogP contribution < -0.4 is 0 Å². The van der Waals surface area contributed by atoms with Crippen LogP contribution in [-0.2, 0) is 12.8 Å². The van der Waals surface area contributed by atoms with E-state index in [4.69, 9.17) is 0 Å². The first kappa shape index (κ1) is 12.7. The summed E-state index contributed by atoms with van der Waals surface area (Å²) in [5, 5.41) is 0. The molecule has 0 N–H and O–H groups in total. The van der Waals surface area contributed by atoms with E-state index in [-0.39, 0.29) is 0 Å². The monoisotopic (exact) mass is 307 g/mol. The third-order valence-corrected chi connectivity index (χ3v) is 5.41. The van der Waals surface area contributed by atoms with E-state index in [0.717, 1.165) is 0 Å². The fourth-order valence-electron chi connectivity index (χ4n) is 3.69. The molecule has 0 aromatic heterocycles. The molecule has 1 aromatic carbocycles. The Morgan fingerprint density at radius 1 is 1.06 bits per heavy atom. The molecule has 2 heteroatoms. The van der Waals surface area contributed by atoms with Gasteiger partial charge in [-0.05, 0) is 55.9 Å². The maximum absolute atomic E-state index is 3.59. The van der Waals surface area contributed by atoms with Gasteiger partial charge in [-0.25, -0.2) is 0 Å². The molecule has 1 fully saturated rings. The molecule has 1 aliphatic carbocycles. The quantitative estimate of drug-likeness (QED) is 0.752. The van der Waals surface area contributed by atoms with Crippen molar-refractivity contribution in [1.82, 2.24) is 4.90 Å². The van der Waals surface area contributed by atoms with E-state index in [1.54, 1.807) is 11.1 Å². The maximum atomic E-state index is 3.59. The van der Waals surface area contributed by atoms with Crippen molar-refractivity contribution >= 4 is 15.9 Å².